The first-order chi connectivity index (χ1) is 10.7. The molecule has 0 saturated carbocycles. The number of benzene rings is 2. The number of halogens is 1. The predicted molar refractivity (Wildman–Crippen MR) is 85.8 cm³/mol. The second-order valence-corrected chi connectivity index (χ2v) is 5.92. The Morgan fingerprint density at radius 3 is 2.77 bits per heavy atom. The van der Waals surface area contributed by atoms with Gasteiger partial charge >= 0.3 is 0 Å². The number of H-pyrrole nitrogens is 1. The van der Waals surface area contributed by atoms with Crippen molar-refractivity contribution in [3.63, 3.8) is 0 Å². The van der Waals surface area contributed by atoms with E-state index >= 15 is 0 Å². The van der Waals surface area contributed by atoms with Crippen molar-refractivity contribution in [1.82, 2.24) is 4.98 Å². The molecule has 22 heavy (non-hydrogen) atoms. The van der Waals surface area contributed by atoms with Crippen LogP contribution in [0, 0.1) is 0 Å². The lowest BCUT2D eigenvalue weighted by atomic mass is 10.1. The summed E-state index contributed by atoms with van der Waals surface area (Å²) in [4.78, 5) is 16.1. The van der Waals surface area contributed by atoms with Crippen LogP contribution in [0.15, 0.2) is 54.7 Å². The molecule has 4 heteroatoms. The van der Waals surface area contributed by atoms with Gasteiger partial charge in [0.25, 0.3) is 11.5 Å². The topological polar surface area (TPSA) is 36.7 Å². The van der Waals surface area contributed by atoms with Crippen LogP contribution in [-0.2, 0) is 0 Å². The summed E-state index contributed by atoms with van der Waals surface area (Å²) >= 11 is 6.11. The fourth-order valence-corrected chi connectivity index (χ4v) is 3.49. The minimum Gasteiger partial charge on any atom is -0.349 e. The molecule has 4 aromatic rings. The third-order valence-corrected chi connectivity index (χ3v) is 4.53. The third kappa shape index (κ3) is 1.36. The highest BCUT2D eigenvalue weighted by molar-refractivity contribution is 6.32. The van der Waals surface area contributed by atoms with E-state index in [9.17, 15) is 4.79 Å². The zero-order chi connectivity index (χ0) is 14.8. The van der Waals surface area contributed by atoms with Gasteiger partial charge in [0.1, 0.15) is 11.1 Å². The minimum absolute atomic E-state index is 0.0545. The largest absolute Gasteiger partial charge is 0.349 e. The Hall–Kier alpha value is -2.65. The second-order valence-electron chi connectivity index (χ2n) is 5.48. The van der Waals surface area contributed by atoms with Gasteiger partial charge in [-0.05, 0) is 24.3 Å². The second kappa shape index (κ2) is 3.96. The lowest BCUT2D eigenvalue weighted by molar-refractivity contribution is -0.592. The Morgan fingerprint density at radius 2 is 1.86 bits per heavy atom. The maximum atomic E-state index is 12.8. The van der Waals surface area contributed by atoms with Gasteiger partial charge in [0.05, 0.1) is 0 Å². The van der Waals surface area contributed by atoms with Crippen molar-refractivity contribution >= 4 is 39.2 Å². The van der Waals surface area contributed by atoms with E-state index in [0.717, 1.165) is 33.1 Å². The summed E-state index contributed by atoms with van der Waals surface area (Å²) in [6.45, 7) is 0. The number of aromatic nitrogens is 2. The fraction of sp³-hybridized carbons (Fsp3) is 0. The molecule has 1 aliphatic rings. The van der Waals surface area contributed by atoms with Crippen LogP contribution in [-0.4, -0.2) is 10.8 Å². The Bertz CT molecular complexity index is 1110. The first-order valence-electron chi connectivity index (χ1n) is 7.04. The van der Waals surface area contributed by atoms with Crippen molar-refractivity contribution in [2.75, 3.05) is 0 Å². The number of hydrogen-bond donors (Lipinski definition) is 1. The Kier molecular flexibility index (Phi) is 2.15. The molecule has 0 bridgehead atoms. The molecule has 0 radical (unpaired) electrons. The van der Waals surface area contributed by atoms with Crippen LogP contribution in [0.3, 0.4) is 0 Å². The Balaban J connectivity index is 1.96. The molecule has 5 rings (SSSR count). The van der Waals surface area contributed by atoms with Gasteiger partial charge in [-0.2, -0.15) is 4.57 Å². The number of ketones is 1. The number of carbonyl (C=O) groups is 1. The van der Waals surface area contributed by atoms with Gasteiger partial charge in [0.2, 0.25) is 5.69 Å². The highest BCUT2D eigenvalue weighted by Gasteiger charge is 2.37. The van der Waals surface area contributed by atoms with Crippen LogP contribution in [0.1, 0.15) is 16.1 Å². The molecule has 0 unspecified atom stereocenters. The normalized spacial score (nSPS) is 12.9. The number of aromatic amines is 1. The molecule has 3 heterocycles. The molecule has 3 nitrogen and oxygen atoms in total. The summed E-state index contributed by atoms with van der Waals surface area (Å²) in [5, 5.41) is 2.75. The van der Waals surface area contributed by atoms with Crippen molar-refractivity contribution < 1.29 is 9.36 Å². The minimum atomic E-state index is 0.0545. The molecule has 2 aromatic heterocycles. The molecule has 0 aliphatic carbocycles. The van der Waals surface area contributed by atoms with Crippen LogP contribution >= 0.6 is 11.6 Å². The quantitative estimate of drug-likeness (QED) is 0.434. The van der Waals surface area contributed by atoms with Crippen molar-refractivity contribution in [2.24, 2.45) is 0 Å². The molecule has 1 aliphatic heterocycles. The molecular formula is C18H10ClN2O+. The number of nitrogens with one attached hydrogen (secondary N) is 1. The molecule has 0 spiro atoms. The predicted octanol–water partition coefficient (Wildman–Crippen LogP) is 3.80. The van der Waals surface area contributed by atoms with Gasteiger partial charge in [-0.25, -0.2) is 0 Å². The fourth-order valence-electron chi connectivity index (χ4n) is 3.32. The van der Waals surface area contributed by atoms with Crippen molar-refractivity contribution in [3.8, 4) is 5.69 Å². The van der Waals surface area contributed by atoms with E-state index in [1.54, 1.807) is 0 Å². The monoisotopic (exact) mass is 305 g/mol. The van der Waals surface area contributed by atoms with Crippen LogP contribution in [0.25, 0.3) is 27.5 Å². The van der Waals surface area contributed by atoms with E-state index in [2.05, 4.69) is 4.98 Å². The lowest BCUT2D eigenvalue weighted by Gasteiger charge is -1.94. The van der Waals surface area contributed by atoms with E-state index < -0.39 is 0 Å². The number of rotatable bonds is 0. The van der Waals surface area contributed by atoms with Gasteiger partial charge in [-0.3, -0.25) is 4.79 Å². The van der Waals surface area contributed by atoms with Gasteiger partial charge < -0.3 is 4.98 Å². The smallest absolute Gasteiger partial charge is 0.284 e. The van der Waals surface area contributed by atoms with Gasteiger partial charge in [-0.15, -0.1) is 0 Å². The summed E-state index contributed by atoms with van der Waals surface area (Å²) in [7, 11) is 0. The van der Waals surface area contributed by atoms with Crippen LogP contribution in [0.4, 0.5) is 0 Å². The zero-order valence-corrected chi connectivity index (χ0v) is 12.2. The van der Waals surface area contributed by atoms with E-state index in [0.29, 0.717) is 10.7 Å². The average molecular weight is 306 g/mol. The molecule has 104 valence electrons. The summed E-state index contributed by atoms with van der Waals surface area (Å²) in [5.74, 6) is 0.0545. The molecular weight excluding hydrogens is 296 g/mol. The summed E-state index contributed by atoms with van der Waals surface area (Å²) in [6.07, 6.45) is 1.95. The number of hydrogen-bond acceptors (Lipinski definition) is 1. The molecule has 0 fully saturated rings. The Morgan fingerprint density at radius 1 is 1.00 bits per heavy atom. The first kappa shape index (κ1) is 12.0. The SMILES string of the molecule is O=C1c2ccccc2-[n+]2ccc3c([nH]c4ccc(Cl)cc43)c21. The van der Waals surface area contributed by atoms with E-state index in [4.69, 9.17) is 11.6 Å². The molecule has 2 aromatic carbocycles. The number of nitrogens with zero attached hydrogens (tertiary/aromatic N) is 1. The van der Waals surface area contributed by atoms with Crippen molar-refractivity contribution in [3.05, 3.63) is 71.0 Å². The van der Waals surface area contributed by atoms with E-state index in [1.807, 2.05) is 59.3 Å². The van der Waals surface area contributed by atoms with Crippen LogP contribution < -0.4 is 4.57 Å². The Labute approximate surface area is 130 Å². The molecule has 0 amide bonds. The molecule has 1 N–H and O–H groups in total. The van der Waals surface area contributed by atoms with E-state index in [1.165, 1.54) is 0 Å². The number of para-hydroxylation sites is 1. The number of pyridine rings is 1. The molecule has 0 saturated heterocycles. The van der Waals surface area contributed by atoms with E-state index in [-0.39, 0.29) is 5.78 Å². The maximum absolute atomic E-state index is 12.8. The summed E-state index contributed by atoms with van der Waals surface area (Å²) in [5.41, 5.74) is 4.21. The number of fused-ring (bicyclic) bond motifs is 7. The lowest BCUT2D eigenvalue weighted by Crippen LogP contribution is -2.31. The van der Waals surface area contributed by atoms with Crippen LogP contribution in [0.5, 0.6) is 0 Å². The summed E-state index contributed by atoms with van der Waals surface area (Å²) in [6, 6.07) is 15.4. The molecule has 0 atom stereocenters. The van der Waals surface area contributed by atoms with Gasteiger partial charge in [-0.1, -0.05) is 23.7 Å². The number of carbonyl (C=O) groups excluding carboxylic acids is 1. The maximum Gasteiger partial charge on any atom is 0.284 e. The van der Waals surface area contributed by atoms with Gasteiger partial charge in [0.15, 0.2) is 6.20 Å². The standard InChI is InChI=1S/C18H9ClN2O/c19-10-5-6-14-13(9-10)11-7-8-21-15-4-2-1-3-12(15)18(22)17(21)16(11)20-14/h1-9H/p+1. The highest BCUT2D eigenvalue weighted by Crippen LogP contribution is 2.32. The van der Waals surface area contributed by atoms with Crippen LogP contribution in [0.2, 0.25) is 5.02 Å². The van der Waals surface area contributed by atoms with Gasteiger partial charge in [0, 0.05) is 33.4 Å². The van der Waals surface area contributed by atoms with Crippen molar-refractivity contribution in [1.29, 1.82) is 0 Å². The average Bonchev–Trinajstić information content (AvgIpc) is 3.04. The van der Waals surface area contributed by atoms with Crippen molar-refractivity contribution in [2.45, 2.75) is 0 Å². The summed E-state index contributed by atoms with van der Waals surface area (Å²) < 4.78 is 1.96. The zero-order valence-electron chi connectivity index (χ0n) is 11.4. The first-order valence-corrected chi connectivity index (χ1v) is 7.41. The third-order valence-electron chi connectivity index (χ3n) is 4.29. The highest BCUT2D eigenvalue weighted by atomic mass is 35.5.